The Morgan fingerprint density at radius 1 is 1.10 bits per heavy atom. The SMILES string of the molecule is Cc1cc(-c2onc(N)c2-c2ccc(Cl)cc2Cl)c(C)o1. The summed E-state index contributed by atoms with van der Waals surface area (Å²) >= 11 is 12.2. The van der Waals surface area contributed by atoms with Crippen LogP contribution in [0.15, 0.2) is 33.2 Å². The summed E-state index contributed by atoms with van der Waals surface area (Å²) in [6, 6.07) is 7.07. The Bertz CT molecular complexity index is 821. The van der Waals surface area contributed by atoms with Crippen LogP contribution in [-0.4, -0.2) is 5.16 Å². The fourth-order valence-electron chi connectivity index (χ4n) is 2.30. The minimum atomic E-state index is 0.271. The van der Waals surface area contributed by atoms with Gasteiger partial charge < -0.3 is 14.7 Å². The first-order chi connectivity index (χ1) is 9.97. The summed E-state index contributed by atoms with van der Waals surface area (Å²) < 4.78 is 10.9. The highest BCUT2D eigenvalue weighted by Gasteiger charge is 2.22. The van der Waals surface area contributed by atoms with Crippen molar-refractivity contribution in [3.05, 3.63) is 45.8 Å². The molecule has 6 heteroatoms. The van der Waals surface area contributed by atoms with E-state index in [9.17, 15) is 0 Å². The molecule has 2 N–H and O–H groups in total. The number of anilines is 1. The molecule has 0 aliphatic carbocycles. The molecule has 0 bridgehead atoms. The van der Waals surface area contributed by atoms with E-state index in [1.807, 2.05) is 19.9 Å². The van der Waals surface area contributed by atoms with Crippen LogP contribution >= 0.6 is 23.2 Å². The summed E-state index contributed by atoms with van der Waals surface area (Å²) in [5.41, 5.74) is 8.11. The van der Waals surface area contributed by atoms with Crippen molar-refractivity contribution in [1.29, 1.82) is 0 Å². The van der Waals surface area contributed by atoms with Gasteiger partial charge in [0.05, 0.1) is 16.1 Å². The third-order valence-electron chi connectivity index (χ3n) is 3.20. The van der Waals surface area contributed by atoms with E-state index < -0.39 is 0 Å². The molecule has 0 spiro atoms. The fraction of sp³-hybridized carbons (Fsp3) is 0.133. The average Bonchev–Trinajstić information content (AvgIpc) is 2.93. The Balaban J connectivity index is 2.24. The van der Waals surface area contributed by atoms with Gasteiger partial charge in [0.2, 0.25) is 0 Å². The lowest BCUT2D eigenvalue weighted by molar-refractivity contribution is 0.434. The first-order valence-corrected chi connectivity index (χ1v) is 7.01. The van der Waals surface area contributed by atoms with Gasteiger partial charge in [0.15, 0.2) is 11.6 Å². The Morgan fingerprint density at radius 3 is 2.48 bits per heavy atom. The third kappa shape index (κ3) is 2.41. The number of nitrogens with two attached hydrogens (primary N) is 1. The van der Waals surface area contributed by atoms with Crippen LogP contribution in [0.25, 0.3) is 22.5 Å². The fourth-order valence-corrected chi connectivity index (χ4v) is 2.80. The van der Waals surface area contributed by atoms with E-state index in [2.05, 4.69) is 5.16 Å². The molecule has 3 aromatic rings. The summed E-state index contributed by atoms with van der Waals surface area (Å²) in [6.07, 6.45) is 0. The second-order valence-corrected chi connectivity index (χ2v) is 5.57. The lowest BCUT2D eigenvalue weighted by atomic mass is 10.0. The second-order valence-electron chi connectivity index (χ2n) is 4.72. The minimum Gasteiger partial charge on any atom is -0.466 e. The van der Waals surface area contributed by atoms with Crippen LogP contribution < -0.4 is 5.73 Å². The van der Waals surface area contributed by atoms with Crippen LogP contribution in [0.3, 0.4) is 0 Å². The Kier molecular flexibility index (Phi) is 3.43. The van der Waals surface area contributed by atoms with Gasteiger partial charge in [-0.2, -0.15) is 0 Å². The highest BCUT2D eigenvalue weighted by molar-refractivity contribution is 6.36. The molecule has 0 amide bonds. The maximum atomic E-state index is 6.26. The van der Waals surface area contributed by atoms with E-state index in [0.29, 0.717) is 26.9 Å². The molecule has 21 heavy (non-hydrogen) atoms. The molecule has 0 atom stereocenters. The van der Waals surface area contributed by atoms with Gasteiger partial charge in [-0.15, -0.1) is 0 Å². The van der Waals surface area contributed by atoms with Crippen molar-refractivity contribution in [2.75, 3.05) is 5.73 Å². The third-order valence-corrected chi connectivity index (χ3v) is 3.75. The van der Waals surface area contributed by atoms with Crippen LogP contribution in [0, 0.1) is 13.8 Å². The van der Waals surface area contributed by atoms with Crippen LogP contribution in [-0.2, 0) is 0 Å². The molecule has 2 heterocycles. The standard InChI is InChI=1S/C15H12Cl2N2O2/c1-7-5-11(8(2)20-7)14-13(15(18)19-21-14)10-4-3-9(16)6-12(10)17/h3-6H,1-2H3,(H2,18,19). The molecule has 0 saturated carbocycles. The average molecular weight is 323 g/mol. The number of aryl methyl sites for hydroxylation is 2. The van der Waals surface area contributed by atoms with Gasteiger partial charge in [-0.05, 0) is 32.0 Å². The molecule has 0 fully saturated rings. The monoisotopic (exact) mass is 322 g/mol. The first kappa shape index (κ1) is 14.0. The number of nitrogen functional groups attached to an aromatic ring is 1. The Morgan fingerprint density at radius 2 is 1.86 bits per heavy atom. The van der Waals surface area contributed by atoms with Crippen molar-refractivity contribution < 1.29 is 8.94 Å². The lowest BCUT2D eigenvalue weighted by Gasteiger charge is -2.05. The summed E-state index contributed by atoms with van der Waals surface area (Å²) in [6.45, 7) is 3.72. The van der Waals surface area contributed by atoms with Gasteiger partial charge in [-0.3, -0.25) is 0 Å². The minimum absolute atomic E-state index is 0.271. The van der Waals surface area contributed by atoms with Crippen LogP contribution in [0.2, 0.25) is 10.0 Å². The molecule has 108 valence electrons. The van der Waals surface area contributed by atoms with Gasteiger partial charge in [0.1, 0.15) is 11.5 Å². The van der Waals surface area contributed by atoms with E-state index in [0.717, 1.165) is 17.1 Å². The topological polar surface area (TPSA) is 65.2 Å². The molecule has 1 aromatic carbocycles. The van der Waals surface area contributed by atoms with Crippen molar-refractivity contribution in [3.8, 4) is 22.5 Å². The number of hydrogen-bond donors (Lipinski definition) is 1. The number of aromatic nitrogens is 1. The first-order valence-electron chi connectivity index (χ1n) is 6.25. The van der Waals surface area contributed by atoms with Crippen molar-refractivity contribution in [2.24, 2.45) is 0 Å². The van der Waals surface area contributed by atoms with Crippen LogP contribution in [0.4, 0.5) is 5.82 Å². The molecule has 0 aliphatic heterocycles. The van der Waals surface area contributed by atoms with E-state index in [1.54, 1.807) is 18.2 Å². The Hall–Kier alpha value is -1.91. The zero-order chi connectivity index (χ0) is 15.1. The molecule has 0 saturated heterocycles. The lowest BCUT2D eigenvalue weighted by Crippen LogP contribution is -1.90. The maximum Gasteiger partial charge on any atom is 0.180 e. The Labute approximate surface area is 131 Å². The molecular weight excluding hydrogens is 311 g/mol. The van der Waals surface area contributed by atoms with Crippen molar-refractivity contribution in [2.45, 2.75) is 13.8 Å². The van der Waals surface area contributed by atoms with Crippen molar-refractivity contribution in [1.82, 2.24) is 5.16 Å². The number of hydrogen-bond acceptors (Lipinski definition) is 4. The molecule has 0 radical (unpaired) electrons. The predicted molar refractivity (Wildman–Crippen MR) is 83.5 cm³/mol. The van der Waals surface area contributed by atoms with E-state index in [1.165, 1.54) is 0 Å². The summed E-state index contributed by atoms with van der Waals surface area (Å²) in [5.74, 6) is 2.32. The number of furan rings is 1. The number of rotatable bonds is 2. The number of benzene rings is 1. The normalized spacial score (nSPS) is 11.0. The smallest absolute Gasteiger partial charge is 0.180 e. The van der Waals surface area contributed by atoms with E-state index in [4.69, 9.17) is 37.9 Å². The van der Waals surface area contributed by atoms with Crippen LogP contribution in [0.5, 0.6) is 0 Å². The zero-order valence-corrected chi connectivity index (χ0v) is 12.9. The molecule has 0 unspecified atom stereocenters. The van der Waals surface area contributed by atoms with E-state index in [-0.39, 0.29) is 5.82 Å². The van der Waals surface area contributed by atoms with Crippen molar-refractivity contribution in [3.63, 3.8) is 0 Å². The molecule has 4 nitrogen and oxygen atoms in total. The maximum absolute atomic E-state index is 6.26. The summed E-state index contributed by atoms with van der Waals surface area (Å²) in [5, 5.41) is 4.89. The van der Waals surface area contributed by atoms with Gasteiger partial charge in [0, 0.05) is 10.6 Å². The molecular formula is C15H12Cl2N2O2. The summed E-state index contributed by atoms with van der Waals surface area (Å²) in [7, 11) is 0. The largest absolute Gasteiger partial charge is 0.466 e. The molecule has 2 aromatic heterocycles. The molecule has 3 rings (SSSR count). The number of halogens is 2. The zero-order valence-electron chi connectivity index (χ0n) is 11.4. The van der Waals surface area contributed by atoms with Gasteiger partial charge in [-0.1, -0.05) is 34.4 Å². The van der Waals surface area contributed by atoms with Gasteiger partial charge >= 0.3 is 0 Å². The summed E-state index contributed by atoms with van der Waals surface area (Å²) in [4.78, 5) is 0. The van der Waals surface area contributed by atoms with Gasteiger partial charge in [0.25, 0.3) is 0 Å². The van der Waals surface area contributed by atoms with Crippen LogP contribution in [0.1, 0.15) is 11.5 Å². The predicted octanol–water partition coefficient (Wildman–Crippen LogP) is 5.11. The van der Waals surface area contributed by atoms with Crippen molar-refractivity contribution >= 4 is 29.0 Å². The second kappa shape index (κ2) is 5.13. The highest BCUT2D eigenvalue weighted by Crippen LogP contribution is 2.42. The number of nitrogens with zero attached hydrogens (tertiary/aromatic N) is 1. The van der Waals surface area contributed by atoms with E-state index >= 15 is 0 Å². The molecule has 0 aliphatic rings. The quantitative estimate of drug-likeness (QED) is 0.712. The van der Waals surface area contributed by atoms with Gasteiger partial charge in [-0.25, -0.2) is 0 Å². The highest BCUT2D eigenvalue weighted by atomic mass is 35.5.